The molecule has 0 aliphatic heterocycles. The van der Waals surface area contributed by atoms with E-state index >= 15 is 0 Å². The van der Waals surface area contributed by atoms with Crippen LogP contribution in [0, 0.1) is 5.41 Å². The van der Waals surface area contributed by atoms with E-state index in [1.54, 1.807) is 0 Å². The molecule has 0 aromatic rings. The van der Waals surface area contributed by atoms with Gasteiger partial charge in [-0.15, -0.1) is 0 Å². The molecule has 0 bridgehead atoms. The summed E-state index contributed by atoms with van der Waals surface area (Å²) < 4.78 is 0.502. The van der Waals surface area contributed by atoms with Crippen LogP contribution in [0.1, 0.15) is 226 Å². The van der Waals surface area contributed by atoms with Gasteiger partial charge in [0.15, 0.2) is 11.6 Å². The van der Waals surface area contributed by atoms with Crippen LogP contribution in [-0.4, -0.2) is 54.9 Å². The van der Waals surface area contributed by atoms with Crippen molar-refractivity contribution in [2.75, 3.05) is 33.8 Å². The highest BCUT2D eigenvalue weighted by Gasteiger charge is 2.44. The lowest BCUT2D eigenvalue weighted by Crippen LogP contribution is -2.54. The Bertz CT molecular complexity index is 657. The van der Waals surface area contributed by atoms with Gasteiger partial charge < -0.3 is 9.59 Å². The molecule has 0 rings (SSSR count). The van der Waals surface area contributed by atoms with Crippen LogP contribution in [0.4, 0.5) is 0 Å². The fourth-order valence-electron chi connectivity index (χ4n) is 7.40. The fourth-order valence-corrected chi connectivity index (χ4v) is 7.40. The quantitative estimate of drug-likeness (QED) is 0.0406. The number of carbonyl (C=O) groups is 2. The lowest BCUT2D eigenvalue weighted by molar-refractivity contribution is -0.894. The largest absolute Gasteiger partial charge is 0.391 e. The number of Topliss-reactive ketones (excluding diaryl/α,β-unsaturated/α-hetero) is 2. The van der Waals surface area contributed by atoms with E-state index in [4.69, 9.17) is 0 Å². The molecule has 0 aromatic carbocycles. The number of aliphatic hydroxyl groups excluding tert-OH is 1. The van der Waals surface area contributed by atoms with E-state index in [1.807, 2.05) is 21.0 Å². The number of ketones is 2. The molecule has 0 saturated carbocycles. The molecule has 0 aromatic heterocycles. The third-order valence-electron chi connectivity index (χ3n) is 10.7. The third-order valence-corrected chi connectivity index (χ3v) is 10.7. The Labute approximate surface area is 295 Å². The average molecular weight is 665 g/mol. The minimum absolute atomic E-state index is 0.0730. The van der Waals surface area contributed by atoms with Gasteiger partial charge in [-0.1, -0.05) is 194 Å². The van der Waals surface area contributed by atoms with Gasteiger partial charge in [-0.25, -0.2) is 0 Å². The van der Waals surface area contributed by atoms with E-state index in [-0.39, 0.29) is 18.2 Å². The molecule has 4 nitrogen and oxygen atoms in total. The minimum atomic E-state index is -0.940. The first-order valence-electron chi connectivity index (χ1n) is 21.2. The van der Waals surface area contributed by atoms with Gasteiger partial charge in [0.2, 0.25) is 0 Å². The molecule has 0 heterocycles. The van der Waals surface area contributed by atoms with Gasteiger partial charge in [0.25, 0.3) is 0 Å². The Kier molecular flexibility index (Phi) is 32.0. The Balaban J connectivity index is 4.21. The zero-order valence-electron chi connectivity index (χ0n) is 33.0. The average Bonchev–Trinajstić information content (AvgIpc) is 3.04. The standard InChI is InChI=1S/C43H86NO3/c1-6-8-10-12-14-16-18-20-22-24-26-28-30-32-34-36-41(46)43(3,40-44(4,5)38-39-45)42(47)37-35-33-31-29-27-25-23-21-19-17-15-13-11-9-7-2/h45H,6-40H2,1-5H3/q+1. The number of hydrogen-bond acceptors (Lipinski definition) is 3. The second-order valence-corrected chi connectivity index (χ2v) is 16.1. The zero-order chi connectivity index (χ0) is 34.9. The third kappa shape index (κ3) is 27.7. The molecule has 280 valence electrons. The van der Waals surface area contributed by atoms with E-state index in [0.29, 0.717) is 30.4 Å². The Hall–Kier alpha value is -0.740. The van der Waals surface area contributed by atoms with Crippen molar-refractivity contribution in [2.45, 2.75) is 226 Å². The monoisotopic (exact) mass is 665 g/mol. The van der Waals surface area contributed by atoms with Crippen LogP contribution in [0.5, 0.6) is 0 Å². The number of nitrogens with zero attached hydrogens (tertiary/aromatic N) is 1. The molecule has 0 aliphatic rings. The minimum Gasteiger partial charge on any atom is -0.391 e. The summed E-state index contributed by atoms with van der Waals surface area (Å²) in [5.41, 5.74) is -0.940. The lowest BCUT2D eigenvalue weighted by Gasteiger charge is -2.37. The molecule has 47 heavy (non-hydrogen) atoms. The molecule has 0 saturated heterocycles. The van der Waals surface area contributed by atoms with Gasteiger partial charge in [-0.3, -0.25) is 9.59 Å². The van der Waals surface area contributed by atoms with E-state index in [0.717, 1.165) is 25.7 Å². The number of aliphatic hydroxyl groups is 1. The van der Waals surface area contributed by atoms with Gasteiger partial charge in [-0.05, 0) is 19.8 Å². The van der Waals surface area contributed by atoms with E-state index < -0.39 is 5.41 Å². The molecule has 0 amide bonds. The summed E-state index contributed by atoms with van der Waals surface area (Å²) in [4.78, 5) is 27.2. The Morgan fingerprint density at radius 1 is 0.447 bits per heavy atom. The van der Waals surface area contributed by atoms with Crippen molar-refractivity contribution in [2.24, 2.45) is 5.41 Å². The molecule has 0 spiro atoms. The predicted molar refractivity (Wildman–Crippen MR) is 206 cm³/mol. The first kappa shape index (κ1) is 46.3. The summed E-state index contributed by atoms with van der Waals surface area (Å²) in [6.45, 7) is 7.60. The summed E-state index contributed by atoms with van der Waals surface area (Å²) >= 11 is 0. The maximum atomic E-state index is 13.6. The number of hydrogen-bond donors (Lipinski definition) is 1. The number of likely N-dealkylation sites (N-methyl/N-ethyl adjacent to an activating group) is 1. The SMILES string of the molecule is CCCCCCCCCCCCCCCCCC(=O)C(C)(C[N+](C)(C)CCO)C(=O)CCCCCCCCCCCCCCCCC. The normalized spacial score (nSPS) is 12.2. The first-order chi connectivity index (χ1) is 22.7. The Morgan fingerprint density at radius 2 is 0.681 bits per heavy atom. The molecule has 0 atom stereocenters. The summed E-state index contributed by atoms with van der Waals surface area (Å²) in [5, 5.41) is 9.59. The van der Waals surface area contributed by atoms with Crippen LogP contribution in [0.15, 0.2) is 0 Å². The van der Waals surface area contributed by atoms with Crippen LogP contribution in [0.3, 0.4) is 0 Å². The summed E-state index contributed by atoms with van der Waals surface area (Å²) in [7, 11) is 4.08. The van der Waals surface area contributed by atoms with Crippen molar-refractivity contribution >= 4 is 11.6 Å². The van der Waals surface area contributed by atoms with Crippen LogP contribution in [0.2, 0.25) is 0 Å². The summed E-state index contributed by atoms with van der Waals surface area (Å²) in [6, 6.07) is 0. The fraction of sp³-hybridized carbons (Fsp3) is 0.953. The van der Waals surface area contributed by atoms with Crippen LogP contribution in [-0.2, 0) is 9.59 Å². The number of rotatable bonds is 38. The van der Waals surface area contributed by atoms with Crippen molar-refractivity contribution in [3.63, 3.8) is 0 Å². The summed E-state index contributed by atoms with van der Waals surface area (Å²) in [5.74, 6) is 0.254. The summed E-state index contributed by atoms with van der Waals surface area (Å²) in [6.07, 6.45) is 40.3. The second kappa shape index (κ2) is 32.5. The van der Waals surface area contributed by atoms with Crippen molar-refractivity contribution in [3.05, 3.63) is 0 Å². The Morgan fingerprint density at radius 3 is 0.915 bits per heavy atom. The second-order valence-electron chi connectivity index (χ2n) is 16.1. The van der Waals surface area contributed by atoms with Crippen LogP contribution in [0.25, 0.3) is 0 Å². The highest BCUT2D eigenvalue weighted by molar-refractivity contribution is 6.06. The first-order valence-corrected chi connectivity index (χ1v) is 21.2. The van der Waals surface area contributed by atoms with E-state index in [1.165, 1.54) is 167 Å². The van der Waals surface area contributed by atoms with Crippen LogP contribution < -0.4 is 0 Å². The van der Waals surface area contributed by atoms with Crippen molar-refractivity contribution in [1.29, 1.82) is 0 Å². The highest BCUT2D eigenvalue weighted by Crippen LogP contribution is 2.29. The molecule has 0 unspecified atom stereocenters. The zero-order valence-corrected chi connectivity index (χ0v) is 33.0. The molecule has 4 heteroatoms. The topological polar surface area (TPSA) is 54.4 Å². The van der Waals surface area contributed by atoms with Gasteiger partial charge in [0, 0.05) is 12.8 Å². The molecule has 1 N–H and O–H groups in total. The molecule has 0 aliphatic carbocycles. The molecule has 0 radical (unpaired) electrons. The number of quaternary nitrogens is 1. The van der Waals surface area contributed by atoms with Gasteiger partial charge >= 0.3 is 0 Å². The van der Waals surface area contributed by atoms with Gasteiger partial charge in [-0.2, -0.15) is 0 Å². The molecular formula is C43H86NO3+. The maximum Gasteiger partial charge on any atom is 0.151 e. The number of unbranched alkanes of at least 4 members (excludes halogenated alkanes) is 28. The van der Waals surface area contributed by atoms with Crippen molar-refractivity contribution in [1.82, 2.24) is 0 Å². The predicted octanol–water partition coefficient (Wildman–Crippen LogP) is 12.7. The van der Waals surface area contributed by atoms with Gasteiger partial charge in [0.1, 0.15) is 12.0 Å². The highest BCUT2D eigenvalue weighted by atomic mass is 16.3. The van der Waals surface area contributed by atoms with Gasteiger partial charge in [0.05, 0.1) is 27.2 Å². The smallest absolute Gasteiger partial charge is 0.151 e. The van der Waals surface area contributed by atoms with Crippen LogP contribution >= 0.6 is 0 Å². The maximum absolute atomic E-state index is 13.6. The van der Waals surface area contributed by atoms with Crippen molar-refractivity contribution in [3.8, 4) is 0 Å². The van der Waals surface area contributed by atoms with E-state index in [2.05, 4.69) is 13.8 Å². The van der Waals surface area contributed by atoms with E-state index in [9.17, 15) is 14.7 Å². The number of carbonyl (C=O) groups excluding carboxylic acids is 2. The van der Waals surface area contributed by atoms with Crippen molar-refractivity contribution < 1.29 is 19.2 Å². The molecule has 0 fully saturated rings. The molecular weight excluding hydrogens is 578 g/mol. The lowest BCUT2D eigenvalue weighted by atomic mass is 9.76.